The largest absolute Gasteiger partial charge is 0.472 e. The highest BCUT2D eigenvalue weighted by Crippen LogP contribution is 2.43. The summed E-state index contributed by atoms with van der Waals surface area (Å²) >= 11 is 0. The first-order chi connectivity index (χ1) is 37.5. The fraction of sp³-hybridized carbons (Fsp3) is 0.956. The van der Waals surface area contributed by atoms with Crippen LogP contribution in [0, 0.1) is 0 Å². The molecule has 0 radical (unpaired) electrons. The Hall–Kier alpha value is -0.760. The van der Waals surface area contributed by atoms with Gasteiger partial charge in [0.15, 0.2) is 0 Å². The summed E-state index contributed by atoms with van der Waals surface area (Å²) in [7, 11) is 1.64. The minimum Gasteiger partial charge on any atom is -0.391 e. The summed E-state index contributed by atoms with van der Waals surface area (Å²) in [6.45, 7) is 4.96. The Morgan fingerprint density at radius 2 is 0.701 bits per heavy atom. The average molecular weight is 1110 g/mol. The standard InChI is InChI=1S/C68H137N2O6P/c1-6-8-10-12-14-16-18-20-22-24-26-28-30-31-32-33-34-35-36-37-38-39-40-42-44-46-48-50-52-54-56-58-60-62-68(72)69-66(65-76-77(73,74)75-64-63-70(3,4)5)67(71)61-59-57-55-53-51-49-47-45-43-41-29-27-25-23-21-19-17-15-13-11-9-7-2/h31-32,66-67,71H,6-30,33-65H2,1-5H3,(H-,69,72,73,74)/p+1/b32-31-. The first-order valence-corrected chi connectivity index (χ1v) is 36.0. The zero-order valence-electron chi connectivity index (χ0n) is 52.7. The van der Waals surface area contributed by atoms with E-state index in [1.807, 2.05) is 21.1 Å². The van der Waals surface area contributed by atoms with Crippen molar-refractivity contribution >= 4 is 13.7 Å². The lowest BCUT2D eigenvalue weighted by molar-refractivity contribution is -0.870. The van der Waals surface area contributed by atoms with Gasteiger partial charge in [-0.25, -0.2) is 4.57 Å². The number of carbonyl (C=O) groups is 1. The number of rotatable bonds is 65. The van der Waals surface area contributed by atoms with Gasteiger partial charge in [-0.15, -0.1) is 0 Å². The molecule has 8 nitrogen and oxygen atoms in total. The van der Waals surface area contributed by atoms with Gasteiger partial charge in [0.25, 0.3) is 0 Å². The lowest BCUT2D eigenvalue weighted by Gasteiger charge is -2.26. The first kappa shape index (κ1) is 76.2. The van der Waals surface area contributed by atoms with Gasteiger partial charge in [0.1, 0.15) is 13.2 Å². The number of hydrogen-bond acceptors (Lipinski definition) is 5. The average Bonchev–Trinajstić information content (AvgIpc) is 3.39. The summed E-state index contributed by atoms with van der Waals surface area (Å²) in [5.74, 6) is -0.135. The number of aliphatic hydroxyl groups is 1. The van der Waals surface area contributed by atoms with Gasteiger partial charge < -0.3 is 19.8 Å². The highest BCUT2D eigenvalue weighted by Gasteiger charge is 2.28. The molecule has 0 saturated heterocycles. The molecule has 0 fully saturated rings. The number of nitrogens with one attached hydrogen (secondary N) is 1. The van der Waals surface area contributed by atoms with Gasteiger partial charge in [-0.3, -0.25) is 13.8 Å². The van der Waals surface area contributed by atoms with Crippen molar-refractivity contribution in [1.29, 1.82) is 0 Å². The van der Waals surface area contributed by atoms with E-state index in [0.29, 0.717) is 23.9 Å². The van der Waals surface area contributed by atoms with Crippen molar-refractivity contribution in [3.05, 3.63) is 12.2 Å². The van der Waals surface area contributed by atoms with E-state index in [2.05, 4.69) is 31.3 Å². The molecule has 0 aromatic carbocycles. The number of phosphoric ester groups is 1. The molecule has 0 aromatic heterocycles. The number of amides is 1. The van der Waals surface area contributed by atoms with E-state index in [1.54, 1.807) is 0 Å². The number of allylic oxidation sites excluding steroid dienone is 2. The van der Waals surface area contributed by atoms with Gasteiger partial charge in [0.2, 0.25) is 5.91 Å². The van der Waals surface area contributed by atoms with Crippen molar-refractivity contribution in [2.24, 2.45) is 0 Å². The number of quaternary nitrogens is 1. The fourth-order valence-corrected chi connectivity index (χ4v) is 11.6. The maximum Gasteiger partial charge on any atom is 0.472 e. The number of hydrogen-bond donors (Lipinski definition) is 3. The fourth-order valence-electron chi connectivity index (χ4n) is 10.9. The van der Waals surface area contributed by atoms with Crippen LogP contribution in [0.3, 0.4) is 0 Å². The van der Waals surface area contributed by atoms with E-state index < -0.39 is 20.0 Å². The molecule has 0 aliphatic carbocycles. The summed E-state index contributed by atoms with van der Waals surface area (Å²) in [5, 5.41) is 14.1. The molecule has 0 bridgehead atoms. The van der Waals surface area contributed by atoms with Crippen molar-refractivity contribution < 1.29 is 32.9 Å². The monoisotopic (exact) mass is 1110 g/mol. The Morgan fingerprint density at radius 1 is 0.429 bits per heavy atom. The van der Waals surface area contributed by atoms with Crippen LogP contribution in [0.2, 0.25) is 0 Å². The third-order valence-corrected chi connectivity index (χ3v) is 17.2. The molecule has 3 atom stereocenters. The van der Waals surface area contributed by atoms with Crippen LogP contribution in [-0.2, 0) is 18.4 Å². The van der Waals surface area contributed by atoms with E-state index in [4.69, 9.17) is 9.05 Å². The summed E-state index contributed by atoms with van der Waals surface area (Å²) < 4.78 is 23.9. The number of unbranched alkanes of at least 4 members (excludes halogenated alkanes) is 50. The quantitative estimate of drug-likeness (QED) is 0.0243. The third kappa shape index (κ3) is 62.7. The molecule has 0 rings (SSSR count). The second-order valence-electron chi connectivity index (χ2n) is 25.3. The predicted molar refractivity (Wildman–Crippen MR) is 337 cm³/mol. The second-order valence-corrected chi connectivity index (χ2v) is 26.7. The molecule has 9 heteroatoms. The molecule has 1 amide bonds. The van der Waals surface area contributed by atoms with Crippen molar-refractivity contribution in [3.63, 3.8) is 0 Å². The summed E-state index contributed by atoms with van der Waals surface area (Å²) in [4.78, 5) is 23.4. The first-order valence-electron chi connectivity index (χ1n) is 34.6. The van der Waals surface area contributed by atoms with E-state index >= 15 is 0 Å². The van der Waals surface area contributed by atoms with E-state index in [-0.39, 0.29) is 19.1 Å². The molecule has 460 valence electrons. The zero-order chi connectivity index (χ0) is 56.3. The van der Waals surface area contributed by atoms with Gasteiger partial charge in [-0.05, 0) is 38.5 Å². The summed E-state index contributed by atoms with van der Waals surface area (Å²) in [6.07, 6.45) is 76.0. The van der Waals surface area contributed by atoms with Crippen molar-refractivity contribution in [1.82, 2.24) is 5.32 Å². The summed E-state index contributed by atoms with van der Waals surface area (Å²) in [5.41, 5.74) is 0. The minimum absolute atomic E-state index is 0.0782. The molecule has 3 N–H and O–H groups in total. The van der Waals surface area contributed by atoms with Crippen LogP contribution in [0.1, 0.15) is 367 Å². The van der Waals surface area contributed by atoms with E-state index in [0.717, 1.165) is 38.5 Å². The van der Waals surface area contributed by atoms with Crippen molar-refractivity contribution in [2.45, 2.75) is 379 Å². The third-order valence-electron chi connectivity index (χ3n) is 16.3. The molecule has 3 unspecified atom stereocenters. The van der Waals surface area contributed by atoms with Crippen LogP contribution < -0.4 is 5.32 Å². The van der Waals surface area contributed by atoms with Crippen LogP contribution >= 0.6 is 7.82 Å². The van der Waals surface area contributed by atoms with E-state index in [1.165, 1.54) is 302 Å². The van der Waals surface area contributed by atoms with Crippen LogP contribution in [0.4, 0.5) is 0 Å². The van der Waals surface area contributed by atoms with Crippen molar-refractivity contribution in [2.75, 3.05) is 40.9 Å². The smallest absolute Gasteiger partial charge is 0.391 e. The Balaban J connectivity index is 3.98. The highest BCUT2D eigenvalue weighted by molar-refractivity contribution is 7.47. The topological polar surface area (TPSA) is 105 Å². The predicted octanol–water partition coefficient (Wildman–Crippen LogP) is 21.7. The minimum atomic E-state index is -4.33. The molecule has 0 spiro atoms. The molecular formula is C68H138N2O6P+. The molecular weight excluding hydrogens is 972 g/mol. The summed E-state index contributed by atoms with van der Waals surface area (Å²) in [6, 6.07) is -0.758. The lowest BCUT2D eigenvalue weighted by atomic mass is 10.0. The second kappa shape index (κ2) is 59.8. The Morgan fingerprint density at radius 3 is 1.00 bits per heavy atom. The van der Waals surface area contributed by atoms with Gasteiger partial charge in [-0.1, -0.05) is 334 Å². The molecule has 0 aromatic rings. The maximum atomic E-state index is 13.1. The van der Waals surface area contributed by atoms with Crippen LogP contribution in [0.25, 0.3) is 0 Å². The Bertz CT molecular complexity index is 1260. The lowest BCUT2D eigenvalue weighted by Crippen LogP contribution is -2.46. The van der Waals surface area contributed by atoms with E-state index in [9.17, 15) is 19.4 Å². The van der Waals surface area contributed by atoms with Gasteiger partial charge in [0.05, 0.1) is 39.9 Å². The molecule has 0 saturated carbocycles. The molecule has 0 heterocycles. The van der Waals surface area contributed by atoms with Crippen LogP contribution in [0.5, 0.6) is 0 Å². The van der Waals surface area contributed by atoms with Crippen LogP contribution in [-0.4, -0.2) is 73.4 Å². The number of phosphoric acid groups is 1. The SMILES string of the molecule is CCCCCCCCCCCCCC/C=C\CCCCCCCCCCCCCCCCCCCC(=O)NC(COP(=O)(O)OCC[N+](C)(C)C)C(O)CCCCCCCCCCCCCCCCCCCCCCCC. The number of carbonyl (C=O) groups excluding carboxylic acids is 1. The van der Waals surface area contributed by atoms with Gasteiger partial charge in [-0.2, -0.15) is 0 Å². The van der Waals surface area contributed by atoms with Crippen LogP contribution in [0.15, 0.2) is 12.2 Å². The highest BCUT2D eigenvalue weighted by atomic mass is 31.2. The number of aliphatic hydroxyl groups excluding tert-OH is 1. The van der Waals surface area contributed by atoms with Gasteiger partial charge >= 0.3 is 7.82 Å². The molecule has 0 aliphatic heterocycles. The Kier molecular flexibility index (Phi) is 59.3. The van der Waals surface area contributed by atoms with Gasteiger partial charge in [0, 0.05) is 6.42 Å². The number of likely N-dealkylation sites (N-methyl/N-ethyl adjacent to an activating group) is 1. The normalized spacial score (nSPS) is 13.7. The number of nitrogens with zero attached hydrogens (tertiary/aromatic N) is 1. The molecule has 77 heavy (non-hydrogen) atoms. The van der Waals surface area contributed by atoms with Crippen molar-refractivity contribution in [3.8, 4) is 0 Å². The Labute approximate surface area is 482 Å². The zero-order valence-corrected chi connectivity index (χ0v) is 53.6. The molecule has 0 aliphatic rings. The maximum absolute atomic E-state index is 13.1.